The molecule has 0 aliphatic carbocycles. The Labute approximate surface area is 150 Å². The second-order valence-corrected chi connectivity index (χ2v) is 5.45. The molecule has 0 saturated heterocycles. The van der Waals surface area contributed by atoms with Crippen molar-refractivity contribution in [3.8, 4) is 11.5 Å². The van der Waals surface area contributed by atoms with E-state index in [4.69, 9.17) is 4.74 Å². The number of fused-ring (bicyclic) bond motifs is 1. The average Bonchev–Trinajstić information content (AvgIpc) is 3.06. The monoisotopic (exact) mass is 372 g/mol. The van der Waals surface area contributed by atoms with Crippen LogP contribution in [0.4, 0.5) is 24.7 Å². The summed E-state index contributed by atoms with van der Waals surface area (Å²) in [5.74, 6) is 0.179. The molecule has 1 aromatic carbocycles. The summed E-state index contributed by atoms with van der Waals surface area (Å²) in [4.78, 5) is 3.91. The number of rotatable bonds is 4. The molecule has 0 bridgehead atoms. The van der Waals surface area contributed by atoms with Gasteiger partial charge in [-0.1, -0.05) is 6.07 Å². The van der Waals surface area contributed by atoms with E-state index in [1.807, 2.05) is 0 Å². The summed E-state index contributed by atoms with van der Waals surface area (Å²) in [5, 5.41) is 13.5. The molecule has 136 valence electrons. The van der Waals surface area contributed by atoms with Crippen LogP contribution in [0.2, 0.25) is 0 Å². The Hall–Kier alpha value is -3.69. The summed E-state index contributed by atoms with van der Waals surface area (Å²) in [6.45, 7) is 0. The van der Waals surface area contributed by atoms with Crippen molar-refractivity contribution in [3.63, 3.8) is 0 Å². The van der Waals surface area contributed by atoms with Gasteiger partial charge in [0.25, 0.3) is 5.82 Å². The van der Waals surface area contributed by atoms with Gasteiger partial charge in [0.15, 0.2) is 11.5 Å². The van der Waals surface area contributed by atoms with Crippen LogP contribution in [-0.4, -0.2) is 24.8 Å². The zero-order valence-electron chi connectivity index (χ0n) is 13.6. The van der Waals surface area contributed by atoms with Gasteiger partial charge in [-0.25, -0.2) is 0 Å². The molecule has 7 nitrogen and oxygen atoms in total. The van der Waals surface area contributed by atoms with Crippen molar-refractivity contribution in [2.75, 3.05) is 5.32 Å². The van der Waals surface area contributed by atoms with E-state index >= 15 is 0 Å². The van der Waals surface area contributed by atoms with Crippen LogP contribution in [0.1, 0.15) is 5.82 Å². The van der Waals surface area contributed by atoms with Gasteiger partial charge in [-0.15, -0.1) is 15.3 Å². The minimum atomic E-state index is -4.65. The number of hydrogen-bond donors (Lipinski definition) is 1. The normalized spacial score (nSPS) is 11.5. The Bertz CT molecular complexity index is 1080. The van der Waals surface area contributed by atoms with Crippen LogP contribution in [0.15, 0.2) is 60.9 Å². The summed E-state index contributed by atoms with van der Waals surface area (Å²) < 4.78 is 45.3. The highest BCUT2D eigenvalue weighted by molar-refractivity contribution is 5.59. The van der Waals surface area contributed by atoms with Crippen molar-refractivity contribution >= 4 is 17.2 Å². The first kappa shape index (κ1) is 16.8. The molecule has 0 saturated carbocycles. The zero-order chi connectivity index (χ0) is 18.9. The lowest BCUT2D eigenvalue weighted by molar-refractivity contribution is -0.146. The fourth-order valence-electron chi connectivity index (χ4n) is 2.36. The maximum Gasteiger partial charge on any atom is 0.453 e. The van der Waals surface area contributed by atoms with Gasteiger partial charge in [-0.2, -0.15) is 17.7 Å². The Morgan fingerprint density at radius 3 is 2.52 bits per heavy atom. The first-order chi connectivity index (χ1) is 13.0. The third-order valence-electron chi connectivity index (χ3n) is 3.51. The first-order valence-corrected chi connectivity index (χ1v) is 7.74. The molecule has 0 fully saturated rings. The Morgan fingerprint density at radius 1 is 0.926 bits per heavy atom. The molecule has 27 heavy (non-hydrogen) atoms. The highest BCUT2D eigenvalue weighted by Crippen LogP contribution is 2.28. The molecule has 0 aliphatic heterocycles. The van der Waals surface area contributed by atoms with E-state index in [1.54, 1.807) is 48.8 Å². The molecule has 0 amide bonds. The van der Waals surface area contributed by atoms with Crippen molar-refractivity contribution in [1.82, 2.24) is 24.8 Å². The molecule has 0 radical (unpaired) electrons. The molecule has 0 atom stereocenters. The molecular weight excluding hydrogens is 361 g/mol. The maximum atomic E-state index is 13.0. The molecule has 0 spiro atoms. The fraction of sp³-hybridized carbons (Fsp3) is 0.0588. The van der Waals surface area contributed by atoms with E-state index in [1.165, 1.54) is 12.1 Å². The van der Waals surface area contributed by atoms with Gasteiger partial charge in [0.05, 0.1) is 0 Å². The number of halogens is 3. The Morgan fingerprint density at radius 2 is 1.74 bits per heavy atom. The summed E-state index contributed by atoms with van der Waals surface area (Å²) >= 11 is 0. The van der Waals surface area contributed by atoms with Gasteiger partial charge >= 0.3 is 6.18 Å². The average molecular weight is 372 g/mol. The molecule has 4 aromatic rings. The van der Waals surface area contributed by atoms with E-state index in [0.717, 1.165) is 0 Å². The second kappa shape index (κ2) is 6.56. The summed E-state index contributed by atoms with van der Waals surface area (Å²) in [6.07, 6.45) is -1.44. The van der Waals surface area contributed by atoms with E-state index in [9.17, 15) is 13.2 Å². The van der Waals surface area contributed by atoms with Crippen LogP contribution in [0.3, 0.4) is 0 Å². The van der Waals surface area contributed by atoms with Gasteiger partial charge in [0, 0.05) is 24.1 Å². The Balaban J connectivity index is 1.60. The molecule has 0 unspecified atom stereocenters. The van der Waals surface area contributed by atoms with Crippen molar-refractivity contribution in [1.29, 1.82) is 0 Å². The van der Waals surface area contributed by atoms with Crippen LogP contribution in [0.5, 0.6) is 11.5 Å². The van der Waals surface area contributed by atoms with Crippen LogP contribution < -0.4 is 10.1 Å². The van der Waals surface area contributed by atoms with E-state index in [-0.39, 0.29) is 11.5 Å². The quantitative estimate of drug-likeness (QED) is 0.582. The topological polar surface area (TPSA) is 77.2 Å². The smallest absolute Gasteiger partial charge is 0.453 e. The van der Waals surface area contributed by atoms with Crippen LogP contribution in [0.25, 0.3) is 5.65 Å². The van der Waals surface area contributed by atoms with E-state index in [0.29, 0.717) is 21.7 Å². The molecule has 1 N–H and O–H groups in total. The van der Waals surface area contributed by atoms with Crippen molar-refractivity contribution in [2.24, 2.45) is 0 Å². The lowest BCUT2D eigenvalue weighted by Gasteiger charge is -2.10. The predicted molar refractivity (Wildman–Crippen MR) is 89.8 cm³/mol. The number of pyridine rings is 1. The van der Waals surface area contributed by atoms with Crippen LogP contribution in [-0.2, 0) is 6.18 Å². The van der Waals surface area contributed by atoms with Gasteiger partial charge in [-0.05, 0) is 36.4 Å². The van der Waals surface area contributed by atoms with Gasteiger partial charge < -0.3 is 10.1 Å². The number of alkyl halides is 3. The Kier molecular flexibility index (Phi) is 4.07. The highest BCUT2D eigenvalue weighted by Gasteiger charge is 2.37. The number of nitrogens with one attached hydrogen (secondary N) is 1. The molecule has 10 heteroatoms. The standard InChI is InChI=1S/C17H11F3N6O/c18-17(19,20)16-24-23-15-5-4-14(25-26(15)16)22-11-2-1-3-13(10-11)27-12-6-8-21-9-7-12/h1-10H,(H,22,25). The first-order valence-electron chi connectivity index (χ1n) is 7.74. The van der Waals surface area contributed by atoms with Crippen molar-refractivity contribution < 1.29 is 17.9 Å². The fourth-order valence-corrected chi connectivity index (χ4v) is 2.36. The van der Waals surface area contributed by atoms with Gasteiger partial charge in [0.1, 0.15) is 11.5 Å². The summed E-state index contributed by atoms with van der Waals surface area (Å²) in [6, 6.07) is 13.3. The second-order valence-electron chi connectivity index (χ2n) is 5.45. The largest absolute Gasteiger partial charge is 0.457 e. The lowest BCUT2D eigenvalue weighted by Crippen LogP contribution is -2.13. The minimum Gasteiger partial charge on any atom is -0.457 e. The third kappa shape index (κ3) is 3.64. The molecule has 0 aliphatic rings. The van der Waals surface area contributed by atoms with E-state index in [2.05, 4.69) is 25.6 Å². The van der Waals surface area contributed by atoms with E-state index < -0.39 is 12.0 Å². The van der Waals surface area contributed by atoms with Gasteiger partial charge in [-0.3, -0.25) is 4.98 Å². The van der Waals surface area contributed by atoms with Crippen molar-refractivity contribution in [3.05, 3.63) is 66.7 Å². The third-order valence-corrected chi connectivity index (χ3v) is 3.51. The molecule has 3 aromatic heterocycles. The predicted octanol–water partition coefficient (Wildman–Crippen LogP) is 4.07. The molecule has 3 heterocycles. The number of ether oxygens (including phenoxy) is 1. The van der Waals surface area contributed by atoms with Crippen LogP contribution >= 0.6 is 0 Å². The SMILES string of the molecule is FC(F)(F)c1nnc2ccc(Nc3cccc(Oc4ccncc4)c3)nn12. The minimum absolute atomic E-state index is 0.00245. The number of aromatic nitrogens is 5. The molecular formula is C17H11F3N6O. The number of benzene rings is 1. The zero-order valence-corrected chi connectivity index (χ0v) is 13.6. The lowest BCUT2D eigenvalue weighted by atomic mass is 10.3. The van der Waals surface area contributed by atoms with Crippen LogP contribution in [0, 0.1) is 0 Å². The number of nitrogens with zero attached hydrogens (tertiary/aromatic N) is 5. The van der Waals surface area contributed by atoms with Gasteiger partial charge in [0.2, 0.25) is 0 Å². The summed E-state index contributed by atoms with van der Waals surface area (Å²) in [5.41, 5.74) is 0.595. The maximum absolute atomic E-state index is 13.0. The molecule has 4 rings (SSSR count). The number of anilines is 2. The highest BCUT2D eigenvalue weighted by atomic mass is 19.4. The summed E-state index contributed by atoms with van der Waals surface area (Å²) in [7, 11) is 0. The number of hydrogen-bond acceptors (Lipinski definition) is 6. The van der Waals surface area contributed by atoms with Crippen molar-refractivity contribution in [2.45, 2.75) is 6.18 Å².